The molecule has 1 amide bonds. The normalized spacial score (nSPS) is 19.7. The maximum Gasteiger partial charge on any atom is 0.438 e. The molecule has 9 heteroatoms. The molecule has 3 rings (SSSR count). The number of rotatable bonds is 4. The molecule has 0 aromatic heterocycles. The molecule has 0 unspecified atom stereocenters. The molecule has 1 aliphatic rings. The summed E-state index contributed by atoms with van der Waals surface area (Å²) < 4.78 is 45.6. The van der Waals surface area contributed by atoms with Gasteiger partial charge in [0.15, 0.2) is 6.61 Å². The first-order valence-corrected chi connectivity index (χ1v) is 8.22. The second-order valence-corrected chi connectivity index (χ2v) is 6.29. The van der Waals surface area contributed by atoms with Crippen molar-refractivity contribution in [3.63, 3.8) is 0 Å². The Balaban J connectivity index is 1.83. The monoisotopic (exact) mass is 398 g/mol. The molecule has 0 bridgehead atoms. The van der Waals surface area contributed by atoms with Crippen LogP contribution in [0, 0.1) is 0 Å². The minimum Gasteiger partial charge on any atom is -0.484 e. The van der Waals surface area contributed by atoms with Gasteiger partial charge in [0, 0.05) is 5.02 Å². The number of aliphatic hydroxyl groups is 1. The molecule has 2 aromatic carbocycles. The van der Waals surface area contributed by atoms with Crippen LogP contribution in [0.5, 0.6) is 5.75 Å². The lowest BCUT2D eigenvalue weighted by Crippen LogP contribution is -2.57. The number of alkyl halides is 3. The quantitative estimate of drug-likeness (QED) is 0.856. The van der Waals surface area contributed by atoms with Crippen molar-refractivity contribution < 1.29 is 27.8 Å². The Morgan fingerprint density at radius 2 is 1.81 bits per heavy atom. The number of hydrazone groups is 1. The summed E-state index contributed by atoms with van der Waals surface area (Å²) in [6, 6.07) is 14.0. The summed E-state index contributed by atoms with van der Waals surface area (Å²) in [6.45, 7) is -0.731. The molecule has 142 valence electrons. The van der Waals surface area contributed by atoms with E-state index in [1.54, 1.807) is 30.3 Å². The molecule has 0 saturated heterocycles. The van der Waals surface area contributed by atoms with Crippen molar-refractivity contribution in [2.45, 2.75) is 18.3 Å². The number of hydrogen-bond donors (Lipinski definition) is 1. The molecule has 2 aromatic rings. The number of hydrogen-bond acceptors (Lipinski definition) is 4. The average molecular weight is 399 g/mol. The van der Waals surface area contributed by atoms with E-state index in [1.165, 1.54) is 24.3 Å². The fourth-order valence-electron chi connectivity index (χ4n) is 2.56. The van der Waals surface area contributed by atoms with Crippen LogP contribution < -0.4 is 4.74 Å². The molecule has 0 spiro atoms. The topological polar surface area (TPSA) is 62.1 Å². The van der Waals surface area contributed by atoms with E-state index < -0.39 is 30.8 Å². The highest BCUT2D eigenvalue weighted by molar-refractivity contribution is 6.30. The Kier molecular flexibility index (Phi) is 5.12. The summed E-state index contributed by atoms with van der Waals surface area (Å²) in [5.74, 6) is -0.884. The van der Waals surface area contributed by atoms with E-state index in [0.717, 1.165) is 0 Å². The summed E-state index contributed by atoms with van der Waals surface area (Å²) >= 11 is 5.73. The molecular weight excluding hydrogens is 385 g/mol. The van der Waals surface area contributed by atoms with Crippen molar-refractivity contribution in [2.24, 2.45) is 5.10 Å². The van der Waals surface area contributed by atoms with Crippen LogP contribution >= 0.6 is 11.6 Å². The van der Waals surface area contributed by atoms with Crippen LogP contribution in [0.15, 0.2) is 59.7 Å². The van der Waals surface area contributed by atoms with Crippen molar-refractivity contribution in [3.8, 4) is 5.75 Å². The summed E-state index contributed by atoms with van der Waals surface area (Å²) in [6.07, 6.45) is -5.96. The number of ether oxygens (including phenoxy) is 1. The average Bonchev–Trinajstić information content (AvgIpc) is 3.01. The molecule has 1 atom stereocenters. The van der Waals surface area contributed by atoms with E-state index in [1.807, 2.05) is 0 Å². The first-order chi connectivity index (χ1) is 12.7. The lowest BCUT2D eigenvalue weighted by atomic mass is 10.0. The van der Waals surface area contributed by atoms with Gasteiger partial charge in [0.05, 0.1) is 12.1 Å². The Labute approximate surface area is 157 Å². The number of carbonyl (C=O) groups excluding carboxylic acids is 1. The Morgan fingerprint density at radius 1 is 1.19 bits per heavy atom. The highest BCUT2D eigenvalue weighted by Gasteiger charge is 2.63. The molecule has 1 heterocycles. The molecule has 5 nitrogen and oxygen atoms in total. The number of benzene rings is 2. The third-order valence-electron chi connectivity index (χ3n) is 3.96. The van der Waals surface area contributed by atoms with Gasteiger partial charge in [-0.25, -0.2) is 0 Å². The molecule has 27 heavy (non-hydrogen) atoms. The van der Waals surface area contributed by atoms with Crippen molar-refractivity contribution >= 4 is 23.2 Å². The van der Waals surface area contributed by atoms with Gasteiger partial charge < -0.3 is 9.84 Å². The molecule has 0 radical (unpaired) electrons. The maximum absolute atomic E-state index is 13.5. The van der Waals surface area contributed by atoms with Crippen LogP contribution in [0.1, 0.15) is 12.0 Å². The van der Waals surface area contributed by atoms with Crippen LogP contribution in [0.3, 0.4) is 0 Å². The fraction of sp³-hybridized carbons (Fsp3) is 0.222. The lowest BCUT2D eigenvalue weighted by Gasteiger charge is -2.32. The zero-order valence-corrected chi connectivity index (χ0v) is 14.5. The second-order valence-electron chi connectivity index (χ2n) is 5.85. The Bertz CT molecular complexity index is 856. The van der Waals surface area contributed by atoms with E-state index in [4.69, 9.17) is 16.3 Å². The van der Waals surface area contributed by atoms with Gasteiger partial charge in [0.1, 0.15) is 5.75 Å². The van der Waals surface area contributed by atoms with E-state index in [2.05, 4.69) is 5.10 Å². The van der Waals surface area contributed by atoms with Gasteiger partial charge >= 0.3 is 6.18 Å². The predicted molar refractivity (Wildman–Crippen MR) is 92.4 cm³/mol. The van der Waals surface area contributed by atoms with Gasteiger partial charge in [-0.05, 0) is 29.8 Å². The maximum atomic E-state index is 13.5. The zero-order valence-electron chi connectivity index (χ0n) is 13.8. The molecule has 0 fully saturated rings. The summed E-state index contributed by atoms with van der Waals surface area (Å²) in [7, 11) is 0. The number of halogens is 4. The van der Waals surface area contributed by atoms with E-state index in [0.29, 0.717) is 10.6 Å². The van der Waals surface area contributed by atoms with E-state index in [9.17, 15) is 23.1 Å². The van der Waals surface area contributed by atoms with E-state index in [-0.39, 0.29) is 16.5 Å². The minimum atomic E-state index is -5.09. The molecule has 1 aliphatic heterocycles. The number of amides is 1. The van der Waals surface area contributed by atoms with Gasteiger partial charge in [0.25, 0.3) is 11.6 Å². The van der Waals surface area contributed by atoms with Crippen LogP contribution in [0.25, 0.3) is 0 Å². The molecular formula is C18H14ClF3N2O3. The van der Waals surface area contributed by atoms with Gasteiger partial charge in [-0.15, -0.1) is 0 Å². The Morgan fingerprint density at radius 3 is 2.41 bits per heavy atom. The fourth-order valence-corrected chi connectivity index (χ4v) is 2.68. The van der Waals surface area contributed by atoms with Crippen LogP contribution in [-0.2, 0) is 4.79 Å². The Hall–Kier alpha value is -2.58. The molecule has 1 N–H and O–H groups in total. The van der Waals surface area contributed by atoms with E-state index >= 15 is 0 Å². The van der Waals surface area contributed by atoms with Crippen LogP contribution in [-0.4, -0.2) is 40.2 Å². The van der Waals surface area contributed by atoms with Crippen molar-refractivity contribution in [1.82, 2.24) is 5.01 Å². The van der Waals surface area contributed by atoms with Crippen molar-refractivity contribution in [1.29, 1.82) is 0 Å². The second kappa shape index (κ2) is 7.21. The summed E-state index contributed by atoms with van der Waals surface area (Å²) in [5, 5.41) is 14.4. The SMILES string of the molecule is O=C(COc1ccc(Cl)cc1)N1N=C(c2ccccc2)C[C@]1(O)C(F)(F)F. The molecule has 0 aliphatic carbocycles. The third kappa shape index (κ3) is 3.91. The van der Waals surface area contributed by atoms with Crippen LogP contribution in [0.2, 0.25) is 5.02 Å². The summed E-state index contributed by atoms with van der Waals surface area (Å²) in [5.41, 5.74) is -3.09. The predicted octanol–water partition coefficient (Wildman–Crippen LogP) is 3.61. The third-order valence-corrected chi connectivity index (χ3v) is 4.21. The first-order valence-electron chi connectivity index (χ1n) is 7.84. The highest BCUT2D eigenvalue weighted by atomic mass is 35.5. The van der Waals surface area contributed by atoms with Crippen molar-refractivity contribution in [2.75, 3.05) is 6.61 Å². The number of nitrogens with zero attached hydrogens (tertiary/aromatic N) is 2. The smallest absolute Gasteiger partial charge is 0.438 e. The summed E-state index contributed by atoms with van der Waals surface area (Å²) in [4.78, 5) is 12.3. The highest BCUT2D eigenvalue weighted by Crippen LogP contribution is 2.41. The van der Waals surface area contributed by atoms with Gasteiger partial charge in [-0.3, -0.25) is 4.79 Å². The minimum absolute atomic E-state index is 0.0460. The van der Waals surface area contributed by atoms with Gasteiger partial charge in [0.2, 0.25) is 0 Å². The van der Waals surface area contributed by atoms with Gasteiger partial charge in [-0.1, -0.05) is 41.9 Å². The zero-order chi connectivity index (χ0) is 19.7. The lowest BCUT2D eigenvalue weighted by molar-refractivity contribution is -0.302. The first kappa shape index (κ1) is 19.2. The van der Waals surface area contributed by atoms with Crippen molar-refractivity contribution in [3.05, 3.63) is 65.2 Å². The van der Waals surface area contributed by atoms with Gasteiger partial charge in [-0.2, -0.15) is 23.3 Å². The standard InChI is InChI=1S/C18H14ClF3N2O3/c19-13-6-8-14(9-7-13)27-11-16(25)24-17(26,18(20,21)22)10-15(23-24)12-4-2-1-3-5-12/h1-9,26H,10-11H2/t17-/m0/s1. The number of carbonyl (C=O) groups is 1. The van der Waals surface area contributed by atoms with Crippen LogP contribution in [0.4, 0.5) is 13.2 Å². The molecule has 0 saturated carbocycles. The largest absolute Gasteiger partial charge is 0.484 e.